The number of amides is 2. The van der Waals surface area contributed by atoms with Crippen LogP contribution in [0.25, 0.3) is 11.1 Å². The summed E-state index contributed by atoms with van der Waals surface area (Å²) < 4.78 is 5.55. The third-order valence-electron chi connectivity index (χ3n) is 7.04. The minimum absolute atomic E-state index is 0.0350. The zero-order valence-electron chi connectivity index (χ0n) is 20.1. The van der Waals surface area contributed by atoms with Gasteiger partial charge in [-0.05, 0) is 47.9 Å². The standard InChI is InChI=1S/C28H34N2O5/c31-26(30-17-9-10-20(30)18-27(32)33)15-3-1-2-8-16-29-28(34)35-19-25-23-13-6-4-11-21(23)22-12-5-7-14-24(22)25/h4-7,11-14,20,25H,1-3,8-10,15-19H2,(H,29,34)(H,32,33)/t20-/m0/s1. The molecule has 0 aromatic heterocycles. The van der Waals surface area contributed by atoms with Gasteiger partial charge in [0.05, 0.1) is 6.42 Å². The molecule has 1 atom stereocenters. The lowest BCUT2D eigenvalue weighted by Crippen LogP contribution is -2.36. The van der Waals surface area contributed by atoms with Gasteiger partial charge < -0.3 is 20.1 Å². The van der Waals surface area contributed by atoms with Gasteiger partial charge in [-0.15, -0.1) is 0 Å². The first-order chi connectivity index (χ1) is 17.0. The number of nitrogens with zero attached hydrogens (tertiary/aromatic N) is 1. The Morgan fingerprint density at radius 3 is 2.29 bits per heavy atom. The maximum Gasteiger partial charge on any atom is 0.407 e. The maximum atomic E-state index is 12.4. The van der Waals surface area contributed by atoms with E-state index in [9.17, 15) is 14.4 Å². The Kier molecular flexibility index (Phi) is 8.40. The fourth-order valence-electron chi connectivity index (χ4n) is 5.32. The maximum absolute atomic E-state index is 12.4. The van der Waals surface area contributed by atoms with Crippen molar-refractivity contribution >= 4 is 18.0 Å². The molecule has 1 saturated heterocycles. The summed E-state index contributed by atoms with van der Waals surface area (Å²) in [7, 11) is 0. The number of likely N-dealkylation sites (tertiary alicyclic amines) is 1. The van der Waals surface area contributed by atoms with E-state index in [0.29, 0.717) is 26.1 Å². The number of carboxylic acids is 1. The number of ether oxygens (including phenoxy) is 1. The Hall–Kier alpha value is -3.35. The molecule has 2 aromatic carbocycles. The van der Waals surface area contributed by atoms with E-state index >= 15 is 0 Å². The zero-order chi connectivity index (χ0) is 24.6. The lowest BCUT2D eigenvalue weighted by Gasteiger charge is -2.23. The lowest BCUT2D eigenvalue weighted by molar-refractivity contribution is -0.139. The SMILES string of the molecule is O=C(O)C[C@@H]1CCCN1C(=O)CCCCCCNC(=O)OCC1c2ccccc2-c2ccccc21. The number of carbonyl (C=O) groups is 3. The molecule has 1 aliphatic carbocycles. The number of carboxylic acid groups (broad SMARTS) is 1. The van der Waals surface area contributed by atoms with Crippen molar-refractivity contribution in [2.45, 2.75) is 63.3 Å². The summed E-state index contributed by atoms with van der Waals surface area (Å²) in [5.74, 6) is -0.736. The van der Waals surface area contributed by atoms with Crippen molar-refractivity contribution in [3.63, 3.8) is 0 Å². The van der Waals surface area contributed by atoms with Crippen LogP contribution in [-0.4, -0.2) is 53.7 Å². The fourth-order valence-corrected chi connectivity index (χ4v) is 5.32. The van der Waals surface area contributed by atoms with E-state index in [0.717, 1.165) is 38.5 Å². The molecule has 2 N–H and O–H groups in total. The first-order valence-electron chi connectivity index (χ1n) is 12.6. The van der Waals surface area contributed by atoms with Gasteiger partial charge in [0, 0.05) is 31.5 Å². The van der Waals surface area contributed by atoms with Crippen LogP contribution < -0.4 is 5.32 Å². The van der Waals surface area contributed by atoms with Crippen LogP contribution in [0.15, 0.2) is 48.5 Å². The third kappa shape index (κ3) is 6.21. The Bertz CT molecular complexity index is 1010. The van der Waals surface area contributed by atoms with E-state index in [-0.39, 0.29) is 24.3 Å². The highest BCUT2D eigenvalue weighted by Crippen LogP contribution is 2.44. The summed E-state index contributed by atoms with van der Waals surface area (Å²) in [6, 6.07) is 16.4. The molecule has 0 unspecified atom stereocenters. The van der Waals surface area contributed by atoms with E-state index in [1.807, 2.05) is 24.3 Å². The zero-order valence-corrected chi connectivity index (χ0v) is 20.1. The molecule has 1 heterocycles. The molecular formula is C28H34N2O5. The molecule has 1 aliphatic heterocycles. The third-order valence-corrected chi connectivity index (χ3v) is 7.04. The summed E-state index contributed by atoms with van der Waals surface area (Å²) in [6.07, 6.45) is 5.16. The van der Waals surface area contributed by atoms with Crippen molar-refractivity contribution < 1.29 is 24.2 Å². The number of nitrogens with one attached hydrogen (secondary N) is 1. The first-order valence-corrected chi connectivity index (χ1v) is 12.6. The van der Waals surface area contributed by atoms with Gasteiger partial charge in [0.1, 0.15) is 6.61 Å². The van der Waals surface area contributed by atoms with Crippen molar-refractivity contribution in [1.29, 1.82) is 0 Å². The number of carbonyl (C=O) groups excluding carboxylic acids is 2. The molecule has 35 heavy (non-hydrogen) atoms. The predicted molar refractivity (Wildman–Crippen MR) is 133 cm³/mol. The Balaban J connectivity index is 1.10. The number of rotatable bonds is 11. The molecule has 0 saturated carbocycles. The molecule has 0 radical (unpaired) electrons. The highest BCUT2D eigenvalue weighted by atomic mass is 16.5. The summed E-state index contributed by atoms with van der Waals surface area (Å²) >= 11 is 0. The van der Waals surface area contributed by atoms with Gasteiger partial charge in [-0.1, -0.05) is 61.4 Å². The van der Waals surface area contributed by atoms with Crippen LogP contribution in [0.2, 0.25) is 0 Å². The number of hydrogen-bond donors (Lipinski definition) is 2. The van der Waals surface area contributed by atoms with Crippen molar-refractivity contribution in [3.05, 3.63) is 59.7 Å². The highest BCUT2D eigenvalue weighted by molar-refractivity contribution is 5.79. The van der Waals surface area contributed by atoms with Crippen molar-refractivity contribution in [1.82, 2.24) is 10.2 Å². The lowest BCUT2D eigenvalue weighted by atomic mass is 9.98. The summed E-state index contributed by atoms with van der Waals surface area (Å²) in [4.78, 5) is 37.3. The molecular weight excluding hydrogens is 444 g/mol. The van der Waals surface area contributed by atoms with Crippen LogP contribution in [0, 0.1) is 0 Å². The normalized spacial score (nSPS) is 16.6. The fraction of sp³-hybridized carbons (Fsp3) is 0.464. The molecule has 0 bridgehead atoms. The second kappa shape index (κ2) is 11.9. The van der Waals surface area contributed by atoms with Gasteiger partial charge in [-0.2, -0.15) is 0 Å². The van der Waals surface area contributed by atoms with E-state index < -0.39 is 12.1 Å². The first kappa shape index (κ1) is 24.8. The molecule has 7 nitrogen and oxygen atoms in total. The molecule has 4 rings (SSSR count). The topological polar surface area (TPSA) is 95.9 Å². The second-order valence-corrected chi connectivity index (χ2v) is 9.40. The molecule has 1 fully saturated rings. The van der Waals surface area contributed by atoms with E-state index in [1.165, 1.54) is 22.3 Å². The van der Waals surface area contributed by atoms with Crippen molar-refractivity contribution in [2.75, 3.05) is 19.7 Å². The van der Waals surface area contributed by atoms with Gasteiger partial charge in [-0.25, -0.2) is 4.79 Å². The Morgan fingerprint density at radius 1 is 0.943 bits per heavy atom. The van der Waals surface area contributed by atoms with E-state index in [2.05, 4.69) is 29.6 Å². The molecule has 2 aromatic rings. The molecule has 2 aliphatic rings. The Morgan fingerprint density at radius 2 is 1.60 bits per heavy atom. The minimum atomic E-state index is -0.849. The molecule has 7 heteroatoms. The number of benzene rings is 2. The smallest absolute Gasteiger partial charge is 0.407 e. The second-order valence-electron chi connectivity index (χ2n) is 9.40. The summed E-state index contributed by atoms with van der Waals surface area (Å²) in [6.45, 7) is 1.51. The van der Waals surface area contributed by atoms with E-state index in [1.54, 1.807) is 4.90 Å². The van der Waals surface area contributed by atoms with E-state index in [4.69, 9.17) is 9.84 Å². The summed E-state index contributed by atoms with van der Waals surface area (Å²) in [5, 5.41) is 11.8. The van der Waals surface area contributed by atoms with Gasteiger partial charge in [0.2, 0.25) is 5.91 Å². The average molecular weight is 479 g/mol. The average Bonchev–Trinajstić information content (AvgIpc) is 3.44. The van der Waals surface area contributed by atoms with Crippen molar-refractivity contribution in [3.8, 4) is 11.1 Å². The van der Waals surface area contributed by atoms with Gasteiger partial charge in [0.15, 0.2) is 0 Å². The van der Waals surface area contributed by atoms with Crippen LogP contribution in [0.1, 0.15) is 68.4 Å². The number of aliphatic carboxylic acids is 1. The monoisotopic (exact) mass is 478 g/mol. The number of alkyl carbamates (subject to hydrolysis) is 1. The van der Waals surface area contributed by atoms with Crippen LogP contribution in [0.4, 0.5) is 4.79 Å². The van der Waals surface area contributed by atoms with Crippen LogP contribution in [0.3, 0.4) is 0 Å². The molecule has 2 amide bonds. The Labute approximate surface area is 206 Å². The number of fused-ring (bicyclic) bond motifs is 3. The van der Waals surface area contributed by atoms with Gasteiger partial charge >= 0.3 is 12.1 Å². The van der Waals surface area contributed by atoms with Gasteiger partial charge in [0.25, 0.3) is 0 Å². The van der Waals surface area contributed by atoms with Crippen LogP contribution >= 0.6 is 0 Å². The van der Waals surface area contributed by atoms with Crippen LogP contribution in [-0.2, 0) is 14.3 Å². The highest BCUT2D eigenvalue weighted by Gasteiger charge is 2.30. The van der Waals surface area contributed by atoms with Crippen LogP contribution in [0.5, 0.6) is 0 Å². The number of hydrogen-bond acceptors (Lipinski definition) is 4. The van der Waals surface area contributed by atoms with Crippen molar-refractivity contribution in [2.24, 2.45) is 0 Å². The molecule has 0 spiro atoms. The largest absolute Gasteiger partial charge is 0.481 e. The quantitative estimate of drug-likeness (QED) is 0.446. The minimum Gasteiger partial charge on any atom is -0.481 e. The summed E-state index contributed by atoms with van der Waals surface area (Å²) in [5.41, 5.74) is 4.80. The predicted octanol–water partition coefficient (Wildman–Crippen LogP) is 4.94. The van der Waals surface area contributed by atoms with Gasteiger partial charge in [-0.3, -0.25) is 9.59 Å². The number of unbranched alkanes of at least 4 members (excludes halogenated alkanes) is 3. The molecule has 186 valence electrons.